The molecule has 1 heterocycles. The Kier molecular flexibility index (Phi) is 7.31. The maximum atomic E-state index is 11.4. The summed E-state index contributed by atoms with van der Waals surface area (Å²) >= 11 is 0. The topological polar surface area (TPSA) is 82.5 Å². The first kappa shape index (κ1) is 19.9. The fraction of sp³-hybridized carbons (Fsp3) is 0.190. The molecule has 6 heteroatoms. The van der Waals surface area contributed by atoms with Crippen LogP contribution in [0.4, 0.5) is 0 Å². The van der Waals surface area contributed by atoms with Gasteiger partial charge in [-0.1, -0.05) is 43.0 Å². The number of aromatic nitrogens is 2. The molecule has 0 radical (unpaired) electrons. The monoisotopic (exact) mass is 364 g/mol. The zero-order valence-electron chi connectivity index (χ0n) is 15.6. The molecule has 0 spiro atoms. The van der Waals surface area contributed by atoms with Gasteiger partial charge in [-0.25, -0.2) is 9.78 Å². The molecule has 2 aromatic rings. The second-order valence-corrected chi connectivity index (χ2v) is 5.87. The summed E-state index contributed by atoms with van der Waals surface area (Å²) in [6, 6.07) is 8.15. The fourth-order valence-electron chi connectivity index (χ4n) is 2.54. The molecule has 0 aliphatic heterocycles. The van der Waals surface area contributed by atoms with E-state index in [0.29, 0.717) is 6.54 Å². The molecular formula is C21H24N4O2. The molecule has 0 saturated carbocycles. The number of rotatable bonds is 8. The van der Waals surface area contributed by atoms with Crippen molar-refractivity contribution in [2.75, 3.05) is 7.11 Å². The third kappa shape index (κ3) is 5.54. The molecule has 0 amide bonds. The SMILES string of the molecule is C=C/C=C(/Cc1ccc(CN=C/C(=C\N)C(=O)OC)cc1)c1nccn1C. The third-order valence-corrected chi connectivity index (χ3v) is 3.95. The number of benzene rings is 1. The van der Waals surface area contributed by atoms with Gasteiger partial charge in [-0.3, -0.25) is 4.99 Å². The standard InChI is InChI=1S/C21H24N4O2/c1-4-5-18(20-24-10-11-25(20)2)12-16-6-8-17(9-7-16)14-23-15-19(13-22)21(26)27-3/h4-11,13,15H,1,12,14,22H2,2-3H3/b18-5-,19-13+,23-15?. The van der Waals surface area contributed by atoms with E-state index < -0.39 is 5.97 Å². The van der Waals surface area contributed by atoms with Gasteiger partial charge in [-0.05, 0) is 16.7 Å². The van der Waals surface area contributed by atoms with Crippen LogP contribution in [0.3, 0.4) is 0 Å². The molecule has 0 fully saturated rings. The number of ether oxygens (including phenoxy) is 1. The normalized spacial score (nSPS) is 12.4. The lowest BCUT2D eigenvalue weighted by Gasteiger charge is -2.08. The zero-order valence-corrected chi connectivity index (χ0v) is 15.6. The van der Waals surface area contributed by atoms with Gasteiger partial charge >= 0.3 is 5.97 Å². The molecule has 0 bridgehead atoms. The van der Waals surface area contributed by atoms with Gasteiger partial charge in [0, 0.05) is 38.3 Å². The van der Waals surface area contributed by atoms with E-state index in [1.807, 2.05) is 36.0 Å². The number of hydrogen-bond acceptors (Lipinski definition) is 5. The predicted molar refractivity (Wildman–Crippen MR) is 108 cm³/mol. The van der Waals surface area contributed by atoms with E-state index >= 15 is 0 Å². The molecule has 0 unspecified atom stereocenters. The first-order valence-corrected chi connectivity index (χ1v) is 8.46. The van der Waals surface area contributed by atoms with Crippen LogP contribution < -0.4 is 5.73 Å². The third-order valence-electron chi connectivity index (χ3n) is 3.95. The Bertz CT molecular complexity index is 874. The summed E-state index contributed by atoms with van der Waals surface area (Å²) in [5.74, 6) is 0.417. The summed E-state index contributed by atoms with van der Waals surface area (Å²) in [4.78, 5) is 20.1. The molecular weight excluding hydrogens is 340 g/mol. The van der Waals surface area contributed by atoms with Gasteiger partial charge in [0.05, 0.1) is 19.2 Å². The lowest BCUT2D eigenvalue weighted by atomic mass is 10.0. The fourth-order valence-corrected chi connectivity index (χ4v) is 2.54. The molecule has 6 nitrogen and oxygen atoms in total. The average molecular weight is 364 g/mol. The van der Waals surface area contributed by atoms with Gasteiger partial charge in [0.2, 0.25) is 0 Å². The van der Waals surface area contributed by atoms with Gasteiger partial charge in [0.25, 0.3) is 0 Å². The number of esters is 1. The largest absolute Gasteiger partial charge is 0.465 e. The van der Waals surface area contributed by atoms with E-state index in [-0.39, 0.29) is 5.57 Å². The van der Waals surface area contributed by atoms with Gasteiger partial charge in [0.15, 0.2) is 0 Å². The second kappa shape index (κ2) is 9.91. The molecule has 2 rings (SSSR count). The quantitative estimate of drug-likeness (QED) is 0.338. The number of carbonyl (C=O) groups excluding carboxylic acids is 1. The van der Waals surface area contributed by atoms with E-state index in [0.717, 1.165) is 28.9 Å². The number of nitrogens with zero attached hydrogens (tertiary/aromatic N) is 3. The van der Waals surface area contributed by atoms with E-state index in [4.69, 9.17) is 5.73 Å². The molecule has 1 aromatic carbocycles. The van der Waals surface area contributed by atoms with Crippen LogP contribution in [-0.4, -0.2) is 28.8 Å². The summed E-state index contributed by atoms with van der Waals surface area (Å²) in [5, 5.41) is 0. The Labute approximate surface area is 159 Å². The highest BCUT2D eigenvalue weighted by atomic mass is 16.5. The van der Waals surface area contributed by atoms with Crippen molar-refractivity contribution in [2.45, 2.75) is 13.0 Å². The molecule has 0 saturated heterocycles. The first-order chi connectivity index (χ1) is 13.1. The number of carbonyl (C=O) groups is 1. The van der Waals surface area contributed by atoms with Crippen molar-refractivity contribution in [1.82, 2.24) is 9.55 Å². The molecule has 1 aromatic heterocycles. The average Bonchev–Trinajstić information content (AvgIpc) is 3.11. The van der Waals surface area contributed by atoms with E-state index in [1.165, 1.54) is 19.5 Å². The number of nitrogens with two attached hydrogens (primary N) is 1. The molecule has 140 valence electrons. The van der Waals surface area contributed by atoms with Gasteiger partial charge in [0.1, 0.15) is 5.82 Å². The Morgan fingerprint density at radius 3 is 2.59 bits per heavy atom. The van der Waals surface area contributed by atoms with Crippen molar-refractivity contribution in [2.24, 2.45) is 17.8 Å². The summed E-state index contributed by atoms with van der Waals surface area (Å²) in [5.41, 5.74) is 8.91. The van der Waals surface area contributed by atoms with E-state index in [9.17, 15) is 4.79 Å². The number of aliphatic imine (C=N–C) groups is 1. The maximum Gasteiger partial charge on any atom is 0.340 e. The summed E-state index contributed by atoms with van der Waals surface area (Å²) in [6.45, 7) is 4.24. The molecule has 2 N–H and O–H groups in total. The Balaban J connectivity index is 2.04. The molecule has 0 atom stereocenters. The Hall–Kier alpha value is -3.41. The zero-order chi connectivity index (χ0) is 19.6. The number of methoxy groups -OCH3 is 1. The van der Waals surface area contributed by atoms with Gasteiger partial charge in [-0.2, -0.15) is 0 Å². The van der Waals surface area contributed by atoms with Crippen LogP contribution in [-0.2, 0) is 29.5 Å². The molecule has 0 aliphatic rings. The van der Waals surface area contributed by atoms with Crippen molar-refractivity contribution in [1.29, 1.82) is 0 Å². The number of hydrogen-bond donors (Lipinski definition) is 1. The number of aryl methyl sites for hydroxylation is 1. The van der Waals surface area contributed by atoms with Crippen LogP contribution in [0.1, 0.15) is 17.0 Å². The smallest absolute Gasteiger partial charge is 0.340 e. The minimum Gasteiger partial charge on any atom is -0.465 e. The number of imidazole rings is 1. The minimum absolute atomic E-state index is 0.225. The van der Waals surface area contributed by atoms with Gasteiger partial charge in [-0.15, -0.1) is 0 Å². The van der Waals surface area contributed by atoms with Crippen molar-refractivity contribution >= 4 is 17.8 Å². The summed E-state index contributed by atoms with van der Waals surface area (Å²) < 4.78 is 6.61. The minimum atomic E-state index is -0.507. The highest BCUT2D eigenvalue weighted by Crippen LogP contribution is 2.19. The highest BCUT2D eigenvalue weighted by Gasteiger charge is 2.08. The van der Waals surface area contributed by atoms with Crippen molar-refractivity contribution < 1.29 is 9.53 Å². The van der Waals surface area contributed by atoms with Crippen molar-refractivity contribution in [3.8, 4) is 0 Å². The summed E-state index contributed by atoms with van der Waals surface area (Å²) in [6.07, 6.45) is 10.8. The Morgan fingerprint density at radius 1 is 1.33 bits per heavy atom. The lowest BCUT2D eigenvalue weighted by Crippen LogP contribution is -2.08. The van der Waals surface area contributed by atoms with Crippen LogP contribution in [0, 0.1) is 0 Å². The van der Waals surface area contributed by atoms with Crippen LogP contribution >= 0.6 is 0 Å². The van der Waals surface area contributed by atoms with Crippen molar-refractivity contribution in [3.05, 3.63) is 84.1 Å². The van der Waals surface area contributed by atoms with Crippen LogP contribution in [0.5, 0.6) is 0 Å². The second-order valence-electron chi connectivity index (χ2n) is 5.87. The maximum absolute atomic E-state index is 11.4. The van der Waals surface area contributed by atoms with E-state index in [2.05, 4.69) is 33.4 Å². The lowest BCUT2D eigenvalue weighted by molar-refractivity contribution is -0.135. The van der Waals surface area contributed by atoms with Gasteiger partial charge < -0.3 is 15.0 Å². The van der Waals surface area contributed by atoms with Crippen LogP contribution in [0.25, 0.3) is 5.57 Å². The Morgan fingerprint density at radius 2 is 2.04 bits per heavy atom. The van der Waals surface area contributed by atoms with E-state index in [1.54, 1.807) is 12.3 Å². The highest BCUT2D eigenvalue weighted by molar-refractivity contribution is 6.09. The number of allylic oxidation sites excluding steroid dienone is 3. The predicted octanol–water partition coefficient (Wildman–Crippen LogP) is 2.82. The van der Waals surface area contributed by atoms with Crippen LogP contribution in [0.15, 0.2) is 72.2 Å². The van der Waals surface area contributed by atoms with Crippen LogP contribution in [0.2, 0.25) is 0 Å². The first-order valence-electron chi connectivity index (χ1n) is 8.46. The van der Waals surface area contributed by atoms with Crippen molar-refractivity contribution in [3.63, 3.8) is 0 Å². The molecule has 27 heavy (non-hydrogen) atoms. The summed E-state index contributed by atoms with van der Waals surface area (Å²) in [7, 11) is 3.27. The molecule has 0 aliphatic carbocycles.